The van der Waals surface area contributed by atoms with Gasteiger partial charge in [-0.05, 0) is 53.0 Å². The van der Waals surface area contributed by atoms with E-state index in [1.54, 1.807) is 18.2 Å². The molecule has 0 unspecified atom stereocenters. The van der Waals surface area contributed by atoms with Crippen LogP contribution in [0.1, 0.15) is 10.4 Å². The number of hydrogen-bond donors (Lipinski definition) is 2. The monoisotopic (exact) mass is 306 g/mol. The highest BCUT2D eigenvalue weighted by atomic mass is 127. The number of nitrogens with two attached hydrogens (primary N) is 1. The Balaban J connectivity index is 2.83. The van der Waals surface area contributed by atoms with Crippen molar-refractivity contribution < 1.29 is 4.79 Å². The number of carbonyl (C=O) groups excluding carboxylic acids is 1. The van der Waals surface area contributed by atoms with E-state index in [9.17, 15) is 4.79 Å². The smallest absolute Gasteiger partial charge is 0.257 e. The van der Waals surface area contributed by atoms with Crippen molar-refractivity contribution in [3.05, 3.63) is 33.4 Å². The van der Waals surface area contributed by atoms with Crippen LogP contribution in [0.4, 0.5) is 0 Å². The van der Waals surface area contributed by atoms with Gasteiger partial charge in [0.05, 0.1) is 0 Å². The molecule has 0 heterocycles. The van der Waals surface area contributed by atoms with Crippen molar-refractivity contribution >= 4 is 45.8 Å². The van der Waals surface area contributed by atoms with E-state index in [0.717, 1.165) is 3.57 Å². The predicted molar refractivity (Wildman–Crippen MR) is 63.4 cm³/mol. The summed E-state index contributed by atoms with van der Waals surface area (Å²) in [5, 5.41) is 2.34. The number of hydrogen-bond acceptors (Lipinski definition) is 2. The molecule has 0 bridgehead atoms. The first-order valence-corrected chi connectivity index (χ1v) is 4.94. The van der Waals surface area contributed by atoms with E-state index in [0.29, 0.717) is 5.56 Å². The standard InChI is InChI=1S/C8H7IN2OS/c9-6-3-1-2-5(4-6)7(12)11-8(10)13/h1-4H,(H3,10,11,12,13). The van der Waals surface area contributed by atoms with E-state index in [1.165, 1.54) is 0 Å². The number of rotatable bonds is 1. The second-order valence-electron chi connectivity index (χ2n) is 2.33. The zero-order valence-electron chi connectivity index (χ0n) is 6.58. The molecule has 1 aromatic carbocycles. The number of halogens is 1. The molecule has 5 heteroatoms. The van der Waals surface area contributed by atoms with Crippen molar-refractivity contribution in [1.29, 1.82) is 0 Å². The minimum atomic E-state index is -0.272. The van der Waals surface area contributed by atoms with Gasteiger partial charge in [0, 0.05) is 9.13 Å². The molecule has 13 heavy (non-hydrogen) atoms. The summed E-state index contributed by atoms with van der Waals surface area (Å²) in [6, 6.07) is 7.16. The maximum Gasteiger partial charge on any atom is 0.257 e. The maximum absolute atomic E-state index is 11.3. The summed E-state index contributed by atoms with van der Waals surface area (Å²) in [4.78, 5) is 11.3. The molecule has 0 aliphatic rings. The third kappa shape index (κ3) is 3.27. The fourth-order valence-corrected chi connectivity index (χ4v) is 1.45. The van der Waals surface area contributed by atoms with Crippen molar-refractivity contribution in [3.63, 3.8) is 0 Å². The maximum atomic E-state index is 11.3. The minimum absolute atomic E-state index is 0.0103. The van der Waals surface area contributed by atoms with Crippen molar-refractivity contribution in [2.24, 2.45) is 5.73 Å². The lowest BCUT2D eigenvalue weighted by Crippen LogP contribution is -2.34. The van der Waals surface area contributed by atoms with E-state index in [2.05, 4.69) is 40.1 Å². The summed E-state index contributed by atoms with van der Waals surface area (Å²) in [7, 11) is 0. The van der Waals surface area contributed by atoms with Crippen LogP contribution in [0.25, 0.3) is 0 Å². The first-order valence-electron chi connectivity index (χ1n) is 3.46. The van der Waals surface area contributed by atoms with Gasteiger partial charge in [-0.3, -0.25) is 10.1 Å². The Morgan fingerprint density at radius 1 is 1.54 bits per heavy atom. The number of nitrogens with one attached hydrogen (secondary N) is 1. The number of carbonyl (C=O) groups is 1. The average molecular weight is 306 g/mol. The largest absolute Gasteiger partial charge is 0.376 e. The zero-order chi connectivity index (χ0) is 9.84. The van der Waals surface area contributed by atoms with Crippen molar-refractivity contribution in [2.75, 3.05) is 0 Å². The van der Waals surface area contributed by atoms with Gasteiger partial charge in [0.25, 0.3) is 5.91 Å². The van der Waals surface area contributed by atoms with Crippen LogP contribution in [0, 0.1) is 3.57 Å². The molecule has 3 nitrogen and oxygen atoms in total. The third-order valence-electron chi connectivity index (χ3n) is 1.32. The van der Waals surface area contributed by atoms with Gasteiger partial charge in [0.1, 0.15) is 0 Å². The first kappa shape index (κ1) is 10.4. The summed E-state index contributed by atoms with van der Waals surface area (Å²) in [6.45, 7) is 0. The molecular formula is C8H7IN2OS. The van der Waals surface area contributed by atoms with Crippen molar-refractivity contribution in [1.82, 2.24) is 5.32 Å². The van der Waals surface area contributed by atoms with Crippen LogP contribution in [-0.2, 0) is 0 Å². The molecule has 0 radical (unpaired) electrons. The Bertz CT molecular complexity index is 354. The summed E-state index contributed by atoms with van der Waals surface area (Å²) < 4.78 is 0.994. The lowest BCUT2D eigenvalue weighted by molar-refractivity contribution is 0.0977. The Morgan fingerprint density at radius 3 is 2.77 bits per heavy atom. The van der Waals surface area contributed by atoms with Crippen LogP contribution in [-0.4, -0.2) is 11.0 Å². The average Bonchev–Trinajstić information content (AvgIpc) is 2.03. The lowest BCUT2D eigenvalue weighted by Gasteiger charge is -2.02. The van der Waals surface area contributed by atoms with Crippen molar-refractivity contribution in [3.8, 4) is 0 Å². The fraction of sp³-hybridized carbons (Fsp3) is 0. The molecule has 1 amide bonds. The van der Waals surface area contributed by atoms with Crippen molar-refractivity contribution in [2.45, 2.75) is 0 Å². The molecule has 1 aromatic rings. The lowest BCUT2D eigenvalue weighted by atomic mass is 10.2. The Morgan fingerprint density at radius 2 is 2.23 bits per heavy atom. The predicted octanol–water partition coefficient (Wildman–Crippen LogP) is 1.26. The number of amides is 1. The molecule has 0 aromatic heterocycles. The molecule has 0 aliphatic carbocycles. The molecule has 68 valence electrons. The van der Waals surface area contributed by atoms with Gasteiger partial charge < -0.3 is 5.73 Å². The van der Waals surface area contributed by atoms with E-state index < -0.39 is 0 Å². The van der Waals surface area contributed by atoms with Crippen LogP contribution in [0.3, 0.4) is 0 Å². The minimum Gasteiger partial charge on any atom is -0.376 e. The van der Waals surface area contributed by atoms with Gasteiger partial charge >= 0.3 is 0 Å². The second-order valence-corrected chi connectivity index (χ2v) is 4.01. The quantitative estimate of drug-likeness (QED) is 0.607. The normalized spacial score (nSPS) is 9.31. The van der Waals surface area contributed by atoms with Crippen LogP contribution < -0.4 is 11.1 Å². The Labute approximate surface area is 94.8 Å². The molecule has 0 fully saturated rings. The molecule has 1 rings (SSSR count). The van der Waals surface area contributed by atoms with Gasteiger partial charge in [0.15, 0.2) is 5.11 Å². The third-order valence-corrected chi connectivity index (χ3v) is 2.10. The van der Waals surface area contributed by atoms with Gasteiger partial charge in [-0.25, -0.2) is 0 Å². The SMILES string of the molecule is NC(=S)NC(=O)c1cccc(I)c1. The van der Waals surface area contributed by atoms with E-state index >= 15 is 0 Å². The van der Waals surface area contributed by atoms with Crippen LogP contribution in [0.15, 0.2) is 24.3 Å². The molecule has 0 saturated heterocycles. The van der Waals surface area contributed by atoms with E-state index in [4.69, 9.17) is 5.73 Å². The summed E-state index contributed by atoms with van der Waals surface area (Å²) in [6.07, 6.45) is 0. The molecule has 0 atom stereocenters. The van der Waals surface area contributed by atoms with Gasteiger partial charge in [-0.15, -0.1) is 0 Å². The van der Waals surface area contributed by atoms with Crippen LogP contribution in [0.2, 0.25) is 0 Å². The van der Waals surface area contributed by atoms with E-state index in [1.807, 2.05) is 6.07 Å². The van der Waals surface area contributed by atoms with Gasteiger partial charge in [-0.2, -0.15) is 0 Å². The summed E-state index contributed by atoms with van der Waals surface area (Å²) >= 11 is 6.68. The Hall–Kier alpha value is -0.690. The highest BCUT2D eigenvalue weighted by Crippen LogP contribution is 2.07. The molecular weight excluding hydrogens is 299 g/mol. The number of benzene rings is 1. The summed E-state index contributed by atoms with van der Waals surface area (Å²) in [5.74, 6) is -0.272. The molecule has 0 spiro atoms. The molecule has 3 N–H and O–H groups in total. The van der Waals surface area contributed by atoms with Crippen LogP contribution in [0.5, 0.6) is 0 Å². The number of thiocarbonyl (C=S) groups is 1. The molecule has 0 saturated carbocycles. The highest BCUT2D eigenvalue weighted by Gasteiger charge is 2.05. The topological polar surface area (TPSA) is 55.1 Å². The molecule has 0 aliphatic heterocycles. The first-order chi connectivity index (χ1) is 6.09. The van der Waals surface area contributed by atoms with Gasteiger partial charge in [-0.1, -0.05) is 6.07 Å². The zero-order valence-corrected chi connectivity index (χ0v) is 9.56. The Kier molecular flexibility index (Phi) is 3.61. The van der Waals surface area contributed by atoms with Gasteiger partial charge in [0.2, 0.25) is 0 Å². The second kappa shape index (κ2) is 4.52. The summed E-state index contributed by atoms with van der Waals surface area (Å²) in [5.41, 5.74) is 5.72. The highest BCUT2D eigenvalue weighted by molar-refractivity contribution is 14.1. The van der Waals surface area contributed by atoms with Crippen LogP contribution >= 0.6 is 34.8 Å². The van der Waals surface area contributed by atoms with E-state index in [-0.39, 0.29) is 11.0 Å². The fourth-order valence-electron chi connectivity index (χ4n) is 0.814.